The lowest BCUT2D eigenvalue weighted by Crippen LogP contribution is -2.15. The van der Waals surface area contributed by atoms with E-state index in [-0.39, 0.29) is 5.91 Å². The molecule has 0 fully saturated rings. The third kappa shape index (κ3) is 3.59. The molecule has 2 aromatic carbocycles. The first-order valence-electron chi connectivity index (χ1n) is 8.45. The predicted octanol–water partition coefficient (Wildman–Crippen LogP) is 4.15. The zero-order valence-electron chi connectivity index (χ0n) is 14.9. The molecule has 7 heteroatoms. The molecule has 2 heterocycles. The fourth-order valence-electron chi connectivity index (χ4n) is 2.80. The maximum Gasteiger partial charge on any atom is 0.257 e. The van der Waals surface area contributed by atoms with Crippen molar-refractivity contribution in [2.45, 2.75) is 6.92 Å². The van der Waals surface area contributed by atoms with Gasteiger partial charge in [0.15, 0.2) is 16.6 Å². The summed E-state index contributed by atoms with van der Waals surface area (Å²) in [4.78, 5) is 17.0. The van der Waals surface area contributed by atoms with Crippen molar-refractivity contribution in [3.05, 3.63) is 52.9 Å². The molecule has 138 valence electrons. The van der Waals surface area contributed by atoms with Crippen LogP contribution in [0.4, 0.5) is 5.13 Å². The lowest BCUT2D eigenvalue weighted by Gasteiger charge is -2.18. The SMILES string of the molecule is COc1cc(C(=O)Nc2nc(-c3ccc4c(c3)OCCO4)cs2)ccc1C. The zero-order chi connectivity index (χ0) is 18.8. The molecule has 4 rings (SSSR count). The van der Waals surface area contributed by atoms with E-state index in [2.05, 4.69) is 10.3 Å². The summed E-state index contributed by atoms with van der Waals surface area (Å²) in [5, 5.41) is 5.27. The van der Waals surface area contributed by atoms with Crippen LogP contribution in [0.3, 0.4) is 0 Å². The fraction of sp³-hybridized carbons (Fsp3) is 0.200. The van der Waals surface area contributed by atoms with Crippen molar-refractivity contribution in [2.75, 3.05) is 25.6 Å². The molecule has 0 saturated carbocycles. The Morgan fingerprint density at radius 3 is 2.78 bits per heavy atom. The minimum absolute atomic E-state index is 0.226. The monoisotopic (exact) mass is 382 g/mol. The highest BCUT2D eigenvalue weighted by molar-refractivity contribution is 7.14. The van der Waals surface area contributed by atoms with Gasteiger partial charge in [-0.25, -0.2) is 4.98 Å². The quantitative estimate of drug-likeness (QED) is 0.734. The molecule has 0 atom stereocenters. The number of nitrogens with zero attached hydrogens (tertiary/aromatic N) is 1. The van der Waals surface area contributed by atoms with Crippen molar-refractivity contribution in [1.82, 2.24) is 4.98 Å². The molecule has 1 N–H and O–H groups in total. The first kappa shape index (κ1) is 17.4. The molecule has 0 saturated heterocycles. The molecule has 3 aromatic rings. The minimum Gasteiger partial charge on any atom is -0.496 e. The van der Waals surface area contributed by atoms with E-state index in [0.717, 1.165) is 22.6 Å². The van der Waals surface area contributed by atoms with Gasteiger partial charge in [0.1, 0.15) is 19.0 Å². The predicted molar refractivity (Wildman–Crippen MR) is 104 cm³/mol. The van der Waals surface area contributed by atoms with Crippen LogP contribution >= 0.6 is 11.3 Å². The van der Waals surface area contributed by atoms with Gasteiger partial charge in [0.2, 0.25) is 0 Å². The third-order valence-corrected chi connectivity index (χ3v) is 4.99. The molecule has 0 unspecified atom stereocenters. The summed E-state index contributed by atoms with van der Waals surface area (Å²) in [6.45, 7) is 3.03. The first-order valence-corrected chi connectivity index (χ1v) is 9.33. The lowest BCUT2D eigenvalue weighted by atomic mass is 10.1. The Hall–Kier alpha value is -3.06. The number of carbonyl (C=O) groups is 1. The number of aryl methyl sites for hydroxylation is 1. The van der Waals surface area contributed by atoms with Crippen molar-refractivity contribution >= 4 is 22.4 Å². The second-order valence-electron chi connectivity index (χ2n) is 6.03. The van der Waals surface area contributed by atoms with E-state index in [1.165, 1.54) is 11.3 Å². The van der Waals surface area contributed by atoms with Crippen LogP contribution in [0.1, 0.15) is 15.9 Å². The summed E-state index contributed by atoms with van der Waals surface area (Å²) in [5.74, 6) is 1.90. The number of hydrogen-bond donors (Lipinski definition) is 1. The van der Waals surface area contributed by atoms with Gasteiger partial charge in [-0.1, -0.05) is 6.07 Å². The number of fused-ring (bicyclic) bond motifs is 1. The van der Waals surface area contributed by atoms with Crippen LogP contribution in [-0.2, 0) is 0 Å². The molecule has 1 amide bonds. The van der Waals surface area contributed by atoms with E-state index in [0.29, 0.717) is 35.4 Å². The molecule has 0 bridgehead atoms. The van der Waals surface area contributed by atoms with E-state index in [1.807, 2.05) is 36.6 Å². The van der Waals surface area contributed by atoms with E-state index in [1.54, 1.807) is 19.2 Å². The molecule has 1 aromatic heterocycles. The highest BCUT2D eigenvalue weighted by Gasteiger charge is 2.15. The number of ether oxygens (including phenoxy) is 3. The van der Waals surface area contributed by atoms with Crippen molar-refractivity contribution in [1.29, 1.82) is 0 Å². The van der Waals surface area contributed by atoms with E-state index >= 15 is 0 Å². The Balaban J connectivity index is 1.52. The number of thiazole rings is 1. The van der Waals surface area contributed by atoms with Gasteiger partial charge in [-0.2, -0.15) is 0 Å². The summed E-state index contributed by atoms with van der Waals surface area (Å²) in [5.41, 5.74) is 3.18. The number of methoxy groups -OCH3 is 1. The van der Waals surface area contributed by atoms with Gasteiger partial charge in [0, 0.05) is 16.5 Å². The van der Waals surface area contributed by atoms with Crippen molar-refractivity contribution in [3.63, 3.8) is 0 Å². The maximum atomic E-state index is 12.5. The summed E-state index contributed by atoms with van der Waals surface area (Å²) in [6, 6.07) is 11.1. The number of nitrogens with one attached hydrogen (secondary N) is 1. The van der Waals surface area contributed by atoms with Crippen LogP contribution in [0.2, 0.25) is 0 Å². The van der Waals surface area contributed by atoms with Crippen molar-refractivity contribution in [3.8, 4) is 28.5 Å². The number of hydrogen-bond acceptors (Lipinski definition) is 6. The van der Waals surface area contributed by atoms with Crippen molar-refractivity contribution in [2.24, 2.45) is 0 Å². The molecular formula is C20H18N2O4S. The van der Waals surface area contributed by atoms with Gasteiger partial charge in [-0.05, 0) is 42.8 Å². The molecular weight excluding hydrogens is 364 g/mol. The second-order valence-corrected chi connectivity index (χ2v) is 6.89. The number of aromatic nitrogens is 1. The average molecular weight is 382 g/mol. The van der Waals surface area contributed by atoms with Crippen LogP contribution in [0.25, 0.3) is 11.3 Å². The number of benzene rings is 2. The average Bonchev–Trinajstić information content (AvgIpc) is 3.16. The fourth-order valence-corrected chi connectivity index (χ4v) is 3.51. The highest BCUT2D eigenvalue weighted by atomic mass is 32.1. The largest absolute Gasteiger partial charge is 0.496 e. The van der Waals surface area contributed by atoms with Gasteiger partial charge in [-0.15, -0.1) is 11.3 Å². The normalized spacial score (nSPS) is 12.5. The number of amides is 1. The molecule has 0 radical (unpaired) electrons. The number of carbonyl (C=O) groups excluding carboxylic acids is 1. The van der Waals surface area contributed by atoms with Gasteiger partial charge < -0.3 is 14.2 Å². The van der Waals surface area contributed by atoms with Crippen LogP contribution < -0.4 is 19.5 Å². The highest BCUT2D eigenvalue weighted by Crippen LogP contribution is 2.35. The Morgan fingerprint density at radius 2 is 1.96 bits per heavy atom. The minimum atomic E-state index is -0.226. The van der Waals surface area contributed by atoms with E-state index in [4.69, 9.17) is 14.2 Å². The van der Waals surface area contributed by atoms with Gasteiger partial charge >= 0.3 is 0 Å². The summed E-state index contributed by atoms with van der Waals surface area (Å²) < 4.78 is 16.4. The van der Waals surface area contributed by atoms with Crippen LogP contribution in [-0.4, -0.2) is 31.2 Å². The summed E-state index contributed by atoms with van der Waals surface area (Å²) in [6.07, 6.45) is 0. The smallest absolute Gasteiger partial charge is 0.257 e. The Morgan fingerprint density at radius 1 is 1.15 bits per heavy atom. The van der Waals surface area contributed by atoms with Gasteiger partial charge in [0.25, 0.3) is 5.91 Å². The Kier molecular flexibility index (Phi) is 4.68. The number of anilines is 1. The van der Waals surface area contributed by atoms with Crippen LogP contribution in [0, 0.1) is 6.92 Å². The molecule has 0 aliphatic carbocycles. The second kappa shape index (κ2) is 7.28. The lowest BCUT2D eigenvalue weighted by molar-refractivity contribution is 0.102. The van der Waals surface area contributed by atoms with E-state index in [9.17, 15) is 4.79 Å². The molecule has 1 aliphatic heterocycles. The van der Waals surface area contributed by atoms with Gasteiger partial charge in [-0.3, -0.25) is 10.1 Å². The molecule has 0 spiro atoms. The first-order chi connectivity index (χ1) is 13.1. The molecule has 27 heavy (non-hydrogen) atoms. The van der Waals surface area contributed by atoms with Gasteiger partial charge in [0.05, 0.1) is 12.8 Å². The number of rotatable bonds is 4. The maximum absolute atomic E-state index is 12.5. The zero-order valence-corrected chi connectivity index (χ0v) is 15.8. The summed E-state index contributed by atoms with van der Waals surface area (Å²) in [7, 11) is 1.59. The van der Waals surface area contributed by atoms with Crippen LogP contribution in [0.15, 0.2) is 41.8 Å². The molecule has 6 nitrogen and oxygen atoms in total. The summed E-state index contributed by atoms with van der Waals surface area (Å²) >= 11 is 1.37. The topological polar surface area (TPSA) is 69.7 Å². The Bertz CT molecular complexity index is 999. The third-order valence-electron chi connectivity index (χ3n) is 4.23. The standard InChI is InChI=1S/C20H18N2O4S/c1-12-3-4-14(10-17(12)24-2)19(23)22-20-21-15(11-27-20)13-5-6-16-18(9-13)26-8-7-25-16/h3-6,9-11H,7-8H2,1-2H3,(H,21,22,23). The van der Waals surface area contributed by atoms with E-state index < -0.39 is 0 Å². The van der Waals surface area contributed by atoms with Crippen molar-refractivity contribution < 1.29 is 19.0 Å². The Labute approximate surface area is 160 Å². The molecule has 1 aliphatic rings. The van der Waals surface area contributed by atoms with Crippen LogP contribution in [0.5, 0.6) is 17.2 Å².